The first-order valence-electron chi connectivity index (χ1n) is 8.24. The zero-order chi connectivity index (χ0) is 19.1. The van der Waals surface area contributed by atoms with E-state index in [0.717, 1.165) is 0 Å². The van der Waals surface area contributed by atoms with Crippen molar-refractivity contribution >= 4 is 23.3 Å². The van der Waals surface area contributed by atoms with Gasteiger partial charge in [0.15, 0.2) is 12.4 Å². The summed E-state index contributed by atoms with van der Waals surface area (Å²) in [4.78, 5) is 35.7. The maximum absolute atomic E-state index is 12.1. The molecule has 136 valence electrons. The third-order valence-corrected chi connectivity index (χ3v) is 3.52. The van der Waals surface area contributed by atoms with Crippen molar-refractivity contribution in [3.05, 3.63) is 59.7 Å². The molecule has 0 atom stereocenters. The van der Waals surface area contributed by atoms with Crippen LogP contribution in [0, 0.1) is 5.92 Å². The van der Waals surface area contributed by atoms with Crippen LogP contribution >= 0.6 is 0 Å². The van der Waals surface area contributed by atoms with Crippen molar-refractivity contribution in [3.63, 3.8) is 0 Å². The van der Waals surface area contributed by atoms with Gasteiger partial charge in [0.05, 0.1) is 5.56 Å². The van der Waals surface area contributed by atoms with Crippen molar-refractivity contribution in [2.45, 2.75) is 20.3 Å². The van der Waals surface area contributed by atoms with Gasteiger partial charge in [0.1, 0.15) is 5.75 Å². The van der Waals surface area contributed by atoms with Crippen LogP contribution in [-0.4, -0.2) is 29.4 Å². The summed E-state index contributed by atoms with van der Waals surface area (Å²) in [5, 5.41) is 12.0. The van der Waals surface area contributed by atoms with Gasteiger partial charge in [-0.15, -0.1) is 0 Å². The highest BCUT2D eigenvalue weighted by molar-refractivity contribution is 6.00. The van der Waals surface area contributed by atoms with E-state index < -0.39 is 12.6 Å². The largest absolute Gasteiger partial charge is 0.508 e. The molecule has 0 saturated carbocycles. The summed E-state index contributed by atoms with van der Waals surface area (Å²) in [6.07, 6.45) is 0.424. The number of rotatable bonds is 7. The average Bonchev–Trinajstić information content (AvgIpc) is 2.60. The van der Waals surface area contributed by atoms with Crippen LogP contribution in [0.2, 0.25) is 0 Å². The van der Waals surface area contributed by atoms with E-state index in [2.05, 4.69) is 5.32 Å². The quantitative estimate of drug-likeness (QED) is 0.586. The minimum Gasteiger partial charge on any atom is -0.508 e. The normalized spacial score (nSPS) is 10.4. The Morgan fingerprint density at radius 3 is 2.12 bits per heavy atom. The molecule has 0 spiro atoms. The maximum Gasteiger partial charge on any atom is 0.338 e. The molecule has 0 unspecified atom stereocenters. The Morgan fingerprint density at radius 2 is 1.54 bits per heavy atom. The number of aromatic hydroxyl groups is 1. The lowest BCUT2D eigenvalue weighted by Gasteiger charge is -2.08. The first-order chi connectivity index (χ1) is 12.3. The van der Waals surface area contributed by atoms with Gasteiger partial charge in [0, 0.05) is 17.7 Å². The molecule has 1 amide bonds. The van der Waals surface area contributed by atoms with Crippen molar-refractivity contribution < 1.29 is 24.2 Å². The van der Waals surface area contributed by atoms with Crippen LogP contribution in [0.4, 0.5) is 5.69 Å². The van der Waals surface area contributed by atoms with Crippen LogP contribution < -0.4 is 5.32 Å². The monoisotopic (exact) mass is 355 g/mol. The molecule has 0 aliphatic carbocycles. The number of Topliss-reactive ketones (excluding diaryl/α,β-unsaturated/α-hetero) is 1. The molecule has 6 heteroatoms. The fraction of sp³-hybridized carbons (Fsp3) is 0.250. The van der Waals surface area contributed by atoms with Crippen molar-refractivity contribution in [1.82, 2.24) is 0 Å². The van der Waals surface area contributed by atoms with Gasteiger partial charge in [-0.3, -0.25) is 9.59 Å². The highest BCUT2D eigenvalue weighted by Crippen LogP contribution is 2.13. The van der Waals surface area contributed by atoms with E-state index >= 15 is 0 Å². The predicted octanol–water partition coefficient (Wildman–Crippen LogP) is 3.42. The third kappa shape index (κ3) is 5.73. The molecule has 0 heterocycles. The molecule has 2 rings (SSSR count). The number of ether oxygens (including phenoxy) is 1. The van der Waals surface area contributed by atoms with Crippen molar-refractivity contribution in [1.29, 1.82) is 0 Å². The van der Waals surface area contributed by atoms with E-state index in [0.29, 0.717) is 17.7 Å². The number of hydrogen-bond acceptors (Lipinski definition) is 5. The smallest absolute Gasteiger partial charge is 0.338 e. The molecule has 0 aromatic heterocycles. The molecule has 6 nitrogen and oxygen atoms in total. The zero-order valence-electron chi connectivity index (χ0n) is 14.7. The topological polar surface area (TPSA) is 92.7 Å². The van der Waals surface area contributed by atoms with Crippen LogP contribution in [0.25, 0.3) is 0 Å². The molecule has 0 bridgehead atoms. The molecule has 0 saturated heterocycles. The standard InChI is InChI=1S/C20H21NO5/c1-13(2)11-19(24)21-16-7-3-14(4-8-16)18(23)12-26-20(25)15-5-9-17(22)10-6-15/h3-10,13,22H,11-12H2,1-2H3,(H,21,24). The lowest BCUT2D eigenvalue weighted by Crippen LogP contribution is -2.15. The van der Waals surface area contributed by atoms with E-state index in [9.17, 15) is 19.5 Å². The van der Waals surface area contributed by atoms with Crippen LogP contribution in [0.15, 0.2) is 48.5 Å². The predicted molar refractivity (Wildman–Crippen MR) is 97.2 cm³/mol. The highest BCUT2D eigenvalue weighted by atomic mass is 16.5. The maximum atomic E-state index is 12.1. The Morgan fingerprint density at radius 1 is 0.962 bits per heavy atom. The van der Waals surface area contributed by atoms with Gasteiger partial charge in [0.2, 0.25) is 5.91 Å². The first kappa shape index (κ1) is 19.2. The third-order valence-electron chi connectivity index (χ3n) is 3.52. The van der Waals surface area contributed by atoms with E-state index in [1.54, 1.807) is 24.3 Å². The van der Waals surface area contributed by atoms with E-state index in [4.69, 9.17) is 4.74 Å². The number of phenols is 1. The second-order valence-electron chi connectivity index (χ2n) is 6.27. The second kappa shape index (κ2) is 8.80. The minimum atomic E-state index is -0.643. The number of carbonyl (C=O) groups is 3. The number of nitrogens with one attached hydrogen (secondary N) is 1. The summed E-state index contributed by atoms with van der Waals surface area (Å²) < 4.78 is 4.98. The van der Waals surface area contributed by atoms with Gasteiger partial charge < -0.3 is 15.2 Å². The number of benzene rings is 2. The molecule has 0 fully saturated rings. The number of esters is 1. The summed E-state index contributed by atoms with van der Waals surface area (Å²) in [5.41, 5.74) is 1.23. The molecule has 26 heavy (non-hydrogen) atoms. The van der Waals surface area contributed by atoms with E-state index in [1.165, 1.54) is 24.3 Å². The lowest BCUT2D eigenvalue weighted by molar-refractivity contribution is -0.116. The van der Waals surface area contributed by atoms with Gasteiger partial charge in [-0.25, -0.2) is 4.79 Å². The van der Waals surface area contributed by atoms with E-state index in [-0.39, 0.29) is 28.9 Å². The molecular formula is C20H21NO5. The lowest BCUT2D eigenvalue weighted by atomic mass is 10.1. The van der Waals surface area contributed by atoms with Gasteiger partial charge in [-0.2, -0.15) is 0 Å². The average molecular weight is 355 g/mol. The summed E-state index contributed by atoms with van der Waals surface area (Å²) in [7, 11) is 0. The van der Waals surface area contributed by atoms with Crippen LogP contribution in [0.1, 0.15) is 41.0 Å². The summed E-state index contributed by atoms with van der Waals surface area (Å²) in [6.45, 7) is 3.53. The molecule has 2 N–H and O–H groups in total. The van der Waals surface area contributed by atoms with Crippen molar-refractivity contribution in [2.24, 2.45) is 5.92 Å². The molecule has 0 radical (unpaired) electrons. The number of phenolic OH excluding ortho intramolecular Hbond substituents is 1. The van der Waals surface area contributed by atoms with Crippen molar-refractivity contribution in [3.8, 4) is 5.75 Å². The van der Waals surface area contributed by atoms with Gasteiger partial charge in [-0.05, 0) is 54.4 Å². The Balaban J connectivity index is 1.88. The van der Waals surface area contributed by atoms with Gasteiger partial charge in [-0.1, -0.05) is 13.8 Å². The zero-order valence-corrected chi connectivity index (χ0v) is 14.7. The van der Waals surface area contributed by atoms with Crippen molar-refractivity contribution in [2.75, 3.05) is 11.9 Å². The van der Waals surface area contributed by atoms with Crippen LogP contribution in [0.5, 0.6) is 5.75 Å². The summed E-state index contributed by atoms with van der Waals surface area (Å²) >= 11 is 0. The fourth-order valence-electron chi connectivity index (χ4n) is 2.22. The Kier molecular flexibility index (Phi) is 6.49. The SMILES string of the molecule is CC(C)CC(=O)Nc1ccc(C(=O)COC(=O)c2ccc(O)cc2)cc1. The summed E-state index contributed by atoms with van der Waals surface area (Å²) in [6, 6.07) is 12.0. The Labute approximate surface area is 151 Å². The number of carbonyl (C=O) groups excluding carboxylic acids is 3. The van der Waals surface area contributed by atoms with E-state index in [1.807, 2.05) is 13.8 Å². The highest BCUT2D eigenvalue weighted by Gasteiger charge is 2.12. The minimum absolute atomic E-state index is 0.0400. The van der Waals surface area contributed by atoms with Gasteiger partial charge >= 0.3 is 5.97 Å². The number of hydrogen-bond donors (Lipinski definition) is 2. The number of anilines is 1. The Bertz CT molecular complexity index is 779. The van der Waals surface area contributed by atoms with Crippen LogP contribution in [0.3, 0.4) is 0 Å². The fourth-order valence-corrected chi connectivity index (χ4v) is 2.22. The first-order valence-corrected chi connectivity index (χ1v) is 8.24. The number of amides is 1. The molecule has 0 aliphatic heterocycles. The summed E-state index contributed by atoms with van der Waals surface area (Å²) in [5.74, 6) is -0.771. The molecule has 2 aromatic rings. The van der Waals surface area contributed by atoms with Gasteiger partial charge in [0.25, 0.3) is 0 Å². The number of ketones is 1. The molecular weight excluding hydrogens is 334 g/mol. The van der Waals surface area contributed by atoms with Crippen LogP contribution in [-0.2, 0) is 9.53 Å². The molecule has 0 aliphatic rings. The Hall–Kier alpha value is -3.15. The second-order valence-corrected chi connectivity index (χ2v) is 6.27. The molecule has 2 aromatic carbocycles.